The van der Waals surface area contributed by atoms with Crippen LogP contribution in [0.2, 0.25) is 10.0 Å². The Labute approximate surface area is 218 Å². The molecule has 35 heavy (non-hydrogen) atoms. The number of amides is 1. The summed E-state index contributed by atoms with van der Waals surface area (Å²) in [6.45, 7) is 6.19. The van der Waals surface area contributed by atoms with Crippen LogP contribution in [0.4, 0.5) is 0 Å². The normalized spacial score (nSPS) is 17.3. The van der Waals surface area contributed by atoms with E-state index >= 15 is 0 Å². The first-order chi connectivity index (χ1) is 16.8. The number of fused-ring (bicyclic) bond motifs is 1. The number of aliphatic imine (C=N–C) groups is 1. The van der Waals surface area contributed by atoms with Gasteiger partial charge in [-0.2, -0.15) is 0 Å². The Morgan fingerprint density at radius 3 is 2.63 bits per heavy atom. The lowest BCUT2D eigenvalue weighted by atomic mass is 9.94. The van der Waals surface area contributed by atoms with Gasteiger partial charge in [-0.1, -0.05) is 47.1 Å². The van der Waals surface area contributed by atoms with Crippen molar-refractivity contribution in [2.75, 3.05) is 19.0 Å². The van der Waals surface area contributed by atoms with Crippen molar-refractivity contribution in [3.63, 3.8) is 0 Å². The predicted molar refractivity (Wildman–Crippen MR) is 137 cm³/mol. The number of hydrogen-bond donors (Lipinski definition) is 0. The maximum absolute atomic E-state index is 12.9. The largest absolute Gasteiger partial charge is 0.490 e. The van der Waals surface area contributed by atoms with E-state index in [0.29, 0.717) is 50.2 Å². The molecule has 2 heterocycles. The number of carbonyl (C=O) groups excluding carboxylic acids is 2. The highest BCUT2D eigenvalue weighted by molar-refractivity contribution is 8.15. The Morgan fingerprint density at radius 1 is 1.11 bits per heavy atom. The number of nitrogens with zero attached hydrogens (tertiary/aromatic N) is 2. The molecule has 184 valence electrons. The molecule has 0 aromatic heterocycles. The van der Waals surface area contributed by atoms with Gasteiger partial charge in [-0.05, 0) is 50.6 Å². The topological polar surface area (TPSA) is 77.4 Å². The molecule has 10 heteroatoms. The molecule has 4 rings (SSSR count). The molecule has 2 aliphatic heterocycles. The van der Waals surface area contributed by atoms with Gasteiger partial charge in [-0.15, -0.1) is 0 Å². The van der Waals surface area contributed by atoms with Gasteiger partial charge in [0.1, 0.15) is 6.61 Å². The molecule has 0 unspecified atom stereocenters. The van der Waals surface area contributed by atoms with Crippen LogP contribution in [-0.2, 0) is 20.9 Å². The Hall–Kier alpha value is -2.68. The summed E-state index contributed by atoms with van der Waals surface area (Å²) >= 11 is 13.6. The SMILES string of the molecule is CCOC(=O)C1=C(C)N=C2SCC(=O)N2[C@H]1c1ccc(OCc2ccc(Cl)cc2Cl)c(OCC)c1. The Balaban J connectivity index is 1.70. The summed E-state index contributed by atoms with van der Waals surface area (Å²) in [5, 5.41) is 1.62. The van der Waals surface area contributed by atoms with E-state index in [-0.39, 0.29) is 24.9 Å². The van der Waals surface area contributed by atoms with Crippen molar-refractivity contribution in [3.05, 3.63) is 68.8 Å². The molecular weight excluding hydrogens is 511 g/mol. The average molecular weight is 535 g/mol. The first-order valence-corrected chi connectivity index (χ1v) is 12.8. The number of hydrogen-bond acceptors (Lipinski definition) is 7. The van der Waals surface area contributed by atoms with Gasteiger partial charge < -0.3 is 14.2 Å². The highest BCUT2D eigenvalue weighted by Gasteiger charge is 2.43. The third-order valence-corrected chi connectivity index (χ3v) is 6.99. The summed E-state index contributed by atoms with van der Waals surface area (Å²) in [4.78, 5) is 31.8. The van der Waals surface area contributed by atoms with Crippen molar-refractivity contribution in [1.82, 2.24) is 4.90 Å². The fraction of sp³-hybridized carbons (Fsp3) is 0.320. The van der Waals surface area contributed by atoms with E-state index in [2.05, 4.69) is 4.99 Å². The molecule has 0 radical (unpaired) electrons. The zero-order chi connectivity index (χ0) is 25.1. The summed E-state index contributed by atoms with van der Waals surface area (Å²) < 4.78 is 17.2. The summed E-state index contributed by atoms with van der Waals surface area (Å²) in [7, 11) is 0. The molecule has 1 amide bonds. The lowest BCUT2D eigenvalue weighted by Crippen LogP contribution is -2.39. The fourth-order valence-electron chi connectivity index (χ4n) is 3.90. The summed E-state index contributed by atoms with van der Waals surface area (Å²) in [5.74, 6) is 0.633. The number of amidine groups is 1. The van der Waals surface area contributed by atoms with Gasteiger partial charge in [0.15, 0.2) is 16.7 Å². The van der Waals surface area contributed by atoms with Gasteiger partial charge in [-0.3, -0.25) is 9.69 Å². The van der Waals surface area contributed by atoms with E-state index in [1.54, 1.807) is 49.1 Å². The van der Waals surface area contributed by atoms with Crippen LogP contribution >= 0.6 is 35.0 Å². The molecule has 1 fully saturated rings. The predicted octanol–water partition coefficient (Wildman–Crippen LogP) is 5.79. The number of benzene rings is 2. The van der Waals surface area contributed by atoms with E-state index in [0.717, 1.165) is 5.56 Å². The van der Waals surface area contributed by atoms with Crippen LogP contribution in [0.25, 0.3) is 0 Å². The Morgan fingerprint density at radius 2 is 1.91 bits per heavy atom. The maximum atomic E-state index is 12.9. The maximum Gasteiger partial charge on any atom is 0.338 e. The smallest absolute Gasteiger partial charge is 0.338 e. The third-order valence-electron chi connectivity index (χ3n) is 5.46. The second-order valence-corrected chi connectivity index (χ2v) is 9.52. The quantitative estimate of drug-likeness (QED) is 0.398. The second kappa shape index (κ2) is 10.9. The lowest BCUT2D eigenvalue weighted by Gasteiger charge is -2.33. The summed E-state index contributed by atoms with van der Waals surface area (Å²) in [6.07, 6.45) is 0. The van der Waals surface area contributed by atoms with Gasteiger partial charge in [0.25, 0.3) is 0 Å². The van der Waals surface area contributed by atoms with E-state index in [1.165, 1.54) is 11.8 Å². The molecule has 2 aromatic carbocycles. The standard InChI is InChI=1S/C25H24Cl2N2O5S/c1-4-32-20-10-15(7-9-19(20)34-12-16-6-8-17(26)11-18(16)27)23-22(24(31)33-5-2)14(3)28-25-29(23)21(30)13-35-25/h6-11,23H,4-5,12-13H2,1-3H3/t23-/m0/s1. The fourth-order valence-corrected chi connectivity index (χ4v) is 5.31. The zero-order valence-electron chi connectivity index (χ0n) is 19.5. The van der Waals surface area contributed by atoms with Crippen LogP contribution in [0.3, 0.4) is 0 Å². The molecule has 1 atom stereocenters. The highest BCUT2D eigenvalue weighted by atomic mass is 35.5. The molecule has 0 aliphatic carbocycles. The monoisotopic (exact) mass is 534 g/mol. The van der Waals surface area contributed by atoms with E-state index in [4.69, 9.17) is 37.4 Å². The molecule has 2 aromatic rings. The minimum absolute atomic E-state index is 0.122. The van der Waals surface area contributed by atoms with Crippen molar-refractivity contribution in [1.29, 1.82) is 0 Å². The minimum Gasteiger partial charge on any atom is -0.490 e. The van der Waals surface area contributed by atoms with Crippen molar-refractivity contribution in [2.45, 2.75) is 33.4 Å². The molecule has 0 N–H and O–H groups in total. The van der Waals surface area contributed by atoms with Gasteiger partial charge in [0.2, 0.25) is 5.91 Å². The molecule has 0 saturated carbocycles. The van der Waals surface area contributed by atoms with Crippen LogP contribution in [0.15, 0.2) is 52.7 Å². The number of halogens is 2. The zero-order valence-corrected chi connectivity index (χ0v) is 21.8. The third kappa shape index (κ3) is 5.29. The minimum atomic E-state index is -0.678. The molecule has 2 aliphatic rings. The number of thioether (sulfide) groups is 1. The van der Waals surface area contributed by atoms with E-state index < -0.39 is 12.0 Å². The Kier molecular flexibility index (Phi) is 7.94. The number of rotatable bonds is 8. The van der Waals surface area contributed by atoms with Gasteiger partial charge in [0, 0.05) is 15.6 Å². The van der Waals surface area contributed by atoms with Crippen molar-refractivity contribution in [3.8, 4) is 11.5 Å². The van der Waals surface area contributed by atoms with Crippen LogP contribution in [0, 0.1) is 0 Å². The first-order valence-electron chi connectivity index (χ1n) is 11.1. The van der Waals surface area contributed by atoms with Crippen molar-refractivity contribution in [2.24, 2.45) is 4.99 Å². The van der Waals surface area contributed by atoms with Crippen LogP contribution in [0.1, 0.15) is 37.9 Å². The van der Waals surface area contributed by atoms with Crippen molar-refractivity contribution < 1.29 is 23.8 Å². The molecule has 7 nitrogen and oxygen atoms in total. The lowest BCUT2D eigenvalue weighted by molar-refractivity contribution is -0.139. The first kappa shape index (κ1) is 25.4. The van der Waals surface area contributed by atoms with Gasteiger partial charge in [0.05, 0.1) is 36.3 Å². The molecule has 0 spiro atoms. The van der Waals surface area contributed by atoms with E-state index in [1.807, 2.05) is 13.0 Å². The van der Waals surface area contributed by atoms with Crippen LogP contribution in [0.5, 0.6) is 11.5 Å². The number of ether oxygens (including phenoxy) is 3. The number of allylic oxidation sites excluding steroid dienone is 1. The highest BCUT2D eigenvalue weighted by Crippen LogP contribution is 2.43. The molecule has 0 bridgehead atoms. The van der Waals surface area contributed by atoms with Crippen LogP contribution < -0.4 is 9.47 Å². The van der Waals surface area contributed by atoms with Crippen molar-refractivity contribution >= 4 is 52.0 Å². The van der Waals surface area contributed by atoms with Gasteiger partial charge >= 0.3 is 5.97 Å². The Bertz CT molecular complexity index is 1230. The van der Waals surface area contributed by atoms with E-state index in [9.17, 15) is 9.59 Å². The second-order valence-electron chi connectivity index (χ2n) is 7.73. The summed E-state index contributed by atoms with van der Waals surface area (Å²) in [6, 6.07) is 9.91. The molecular formula is C25H24Cl2N2O5S. The average Bonchev–Trinajstić information content (AvgIpc) is 3.18. The summed E-state index contributed by atoms with van der Waals surface area (Å²) in [5.41, 5.74) is 2.32. The molecule has 1 saturated heterocycles. The number of esters is 1. The van der Waals surface area contributed by atoms with Crippen LogP contribution in [-0.4, -0.2) is 40.9 Å². The number of carbonyl (C=O) groups is 2. The van der Waals surface area contributed by atoms with Gasteiger partial charge in [-0.25, -0.2) is 9.79 Å².